The van der Waals surface area contributed by atoms with Crippen molar-refractivity contribution in [2.45, 2.75) is 58.8 Å². The minimum absolute atomic E-state index is 0.0135. The van der Waals surface area contributed by atoms with Crippen molar-refractivity contribution in [3.05, 3.63) is 12.2 Å². The van der Waals surface area contributed by atoms with Crippen molar-refractivity contribution >= 4 is 11.8 Å². The van der Waals surface area contributed by atoms with Gasteiger partial charge >= 0.3 is 5.97 Å². The normalized spacial score (nSPS) is 21.8. The Kier molecular flexibility index (Phi) is 7.08. The second kappa shape index (κ2) is 8.58. The van der Waals surface area contributed by atoms with E-state index in [1.54, 1.807) is 13.0 Å². The van der Waals surface area contributed by atoms with E-state index in [1.807, 2.05) is 6.08 Å². The zero-order chi connectivity index (χ0) is 14.8. The molecule has 1 unspecified atom stereocenters. The van der Waals surface area contributed by atoms with Crippen LogP contribution in [0.2, 0.25) is 0 Å². The highest BCUT2D eigenvalue weighted by atomic mass is 16.5. The standard InChI is InChI=1S/C17H24O3/c1-3-5-6-7-8-9-10-13-17(16(19)20-4-2)14-11-12-15(17)18/h9-10H,3-6,11-14H2,1-2H3/b10-9+. The van der Waals surface area contributed by atoms with Crippen molar-refractivity contribution in [1.29, 1.82) is 0 Å². The lowest BCUT2D eigenvalue weighted by atomic mass is 9.81. The van der Waals surface area contributed by atoms with Gasteiger partial charge in [0.1, 0.15) is 5.41 Å². The molecule has 0 aromatic carbocycles. The Labute approximate surface area is 121 Å². The molecule has 0 heterocycles. The molecule has 110 valence electrons. The van der Waals surface area contributed by atoms with Gasteiger partial charge < -0.3 is 4.74 Å². The van der Waals surface area contributed by atoms with Gasteiger partial charge in [-0.2, -0.15) is 0 Å². The summed E-state index contributed by atoms with van der Waals surface area (Å²) in [5, 5.41) is 0. The van der Waals surface area contributed by atoms with E-state index in [0.29, 0.717) is 25.9 Å². The minimum atomic E-state index is -0.947. The number of unbranched alkanes of at least 4 members (excludes halogenated alkanes) is 2. The zero-order valence-corrected chi connectivity index (χ0v) is 12.5. The summed E-state index contributed by atoms with van der Waals surface area (Å²) in [6.07, 6.45) is 8.98. The topological polar surface area (TPSA) is 43.4 Å². The highest BCUT2D eigenvalue weighted by Gasteiger charge is 2.48. The van der Waals surface area contributed by atoms with Crippen LogP contribution in [0.5, 0.6) is 0 Å². The van der Waals surface area contributed by atoms with Crippen molar-refractivity contribution in [1.82, 2.24) is 0 Å². The Hall–Kier alpha value is -1.56. The molecule has 0 aromatic heterocycles. The molecule has 0 saturated heterocycles. The first-order valence-electron chi connectivity index (χ1n) is 7.51. The number of allylic oxidation sites excluding steroid dienone is 2. The van der Waals surface area contributed by atoms with Crippen LogP contribution in [0.3, 0.4) is 0 Å². The maximum atomic E-state index is 12.1. The summed E-state index contributed by atoms with van der Waals surface area (Å²) in [6, 6.07) is 0. The van der Waals surface area contributed by atoms with Gasteiger partial charge in [-0.3, -0.25) is 9.59 Å². The Balaban J connectivity index is 2.62. The van der Waals surface area contributed by atoms with Crippen molar-refractivity contribution in [3.63, 3.8) is 0 Å². The van der Waals surface area contributed by atoms with Crippen LogP contribution in [0, 0.1) is 17.3 Å². The van der Waals surface area contributed by atoms with Crippen LogP contribution in [0.15, 0.2) is 12.2 Å². The van der Waals surface area contributed by atoms with Gasteiger partial charge in [0.25, 0.3) is 0 Å². The van der Waals surface area contributed by atoms with E-state index in [-0.39, 0.29) is 11.8 Å². The lowest BCUT2D eigenvalue weighted by Crippen LogP contribution is -2.36. The van der Waals surface area contributed by atoms with Crippen LogP contribution in [-0.4, -0.2) is 18.4 Å². The Bertz CT molecular complexity index is 425. The lowest BCUT2D eigenvalue weighted by Gasteiger charge is -2.23. The van der Waals surface area contributed by atoms with Gasteiger partial charge in [-0.15, -0.1) is 0 Å². The van der Waals surface area contributed by atoms with Crippen LogP contribution in [0.4, 0.5) is 0 Å². The van der Waals surface area contributed by atoms with E-state index in [1.165, 1.54) is 0 Å². The third-order valence-corrected chi connectivity index (χ3v) is 3.63. The summed E-state index contributed by atoms with van der Waals surface area (Å²) < 4.78 is 5.08. The fourth-order valence-corrected chi connectivity index (χ4v) is 2.43. The van der Waals surface area contributed by atoms with Crippen LogP contribution in [0.25, 0.3) is 0 Å². The summed E-state index contributed by atoms with van der Waals surface area (Å²) >= 11 is 0. The molecule has 0 spiro atoms. The maximum Gasteiger partial charge on any atom is 0.319 e. The molecule has 0 bridgehead atoms. The van der Waals surface area contributed by atoms with Crippen molar-refractivity contribution in [2.24, 2.45) is 5.41 Å². The molecule has 0 aliphatic heterocycles. The molecule has 1 aliphatic rings. The number of esters is 1. The Morgan fingerprint density at radius 2 is 2.25 bits per heavy atom. The molecular formula is C17H24O3. The molecule has 3 nitrogen and oxygen atoms in total. The van der Waals surface area contributed by atoms with Gasteiger partial charge in [0.15, 0.2) is 5.78 Å². The van der Waals surface area contributed by atoms with Gasteiger partial charge in [-0.05, 0) is 38.7 Å². The first-order valence-corrected chi connectivity index (χ1v) is 7.51. The maximum absolute atomic E-state index is 12.1. The fourth-order valence-electron chi connectivity index (χ4n) is 2.43. The van der Waals surface area contributed by atoms with Gasteiger partial charge in [-0.1, -0.05) is 31.3 Å². The fraction of sp³-hybridized carbons (Fsp3) is 0.647. The minimum Gasteiger partial charge on any atom is -0.465 e. The number of ketones is 1. The average molecular weight is 276 g/mol. The smallest absolute Gasteiger partial charge is 0.319 e. The number of carbonyl (C=O) groups excluding carboxylic acids is 2. The Morgan fingerprint density at radius 3 is 2.85 bits per heavy atom. The first-order chi connectivity index (χ1) is 9.67. The summed E-state index contributed by atoms with van der Waals surface area (Å²) in [5.74, 6) is 5.65. The number of carbonyl (C=O) groups is 2. The van der Waals surface area contributed by atoms with Crippen molar-refractivity contribution in [3.8, 4) is 11.8 Å². The SMILES string of the molecule is CCCCC#C/C=C/CC1(C(=O)OCC)CCCC1=O. The number of ether oxygens (including phenoxy) is 1. The zero-order valence-electron chi connectivity index (χ0n) is 12.5. The van der Waals surface area contributed by atoms with Crippen LogP contribution >= 0.6 is 0 Å². The predicted molar refractivity (Wildman–Crippen MR) is 79.0 cm³/mol. The molecule has 1 fully saturated rings. The van der Waals surface area contributed by atoms with E-state index in [9.17, 15) is 9.59 Å². The van der Waals surface area contributed by atoms with Crippen molar-refractivity contribution < 1.29 is 14.3 Å². The third-order valence-electron chi connectivity index (χ3n) is 3.63. The molecule has 0 aromatic rings. The highest BCUT2D eigenvalue weighted by molar-refractivity contribution is 6.05. The monoisotopic (exact) mass is 276 g/mol. The highest BCUT2D eigenvalue weighted by Crippen LogP contribution is 2.39. The molecule has 1 aliphatic carbocycles. The largest absolute Gasteiger partial charge is 0.465 e. The van der Waals surface area contributed by atoms with E-state index >= 15 is 0 Å². The number of hydrogen-bond acceptors (Lipinski definition) is 3. The van der Waals surface area contributed by atoms with Crippen LogP contribution < -0.4 is 0 Å². The third kappa shape index (κ3) is 4.23. The molecule has 0 N–H and O–H groups in total. The summed E-state index contributed by atoms with van der Waals surface area (Å²) in [4.78, 5) is 24.1. The molecule has 3 heteroatoms. The van der Waals surface area contributed by atoms with Gasteiger partial charge in [-0.25, -0.2) is 0 Å². The number of Topliss-reactive ketones (excluding diaryl/α,β-unsaturated/α-hetero) is 1. The summed E-state index contributed by atoms with van der Waals surface area (Å²) in [6.45, 7) is 4.21. The van der Waals surface area contributed by atoms with Crippen LogP contribution in [-0.2, 0) is 14.3 Å². The second-order valence-corrected chi connectivity index (χ2v) is 5.11. The molecule has 0 amide bonds. The summed E-state index contributed by atoms with van der Waals surface area (Å²) in [7, 11) is 0. The van der Waals surface area contributed by atoms with Gasteiger partial charge in [0.05, 0.1) is 6.61 Å². The molecule has 0 radical (unpaired) electrons. The number of rotatable bonds is 6. The van der Waals surface area contributed by atoms with Gasteiger partial charge in [0, 0.05) is 12.8 Å². The molecule has 1 saturated carbocycles. The first kappa shape index (κ1) is 16.5. The van der Waals surface area contributed by atoms with Crippen LogP contribution in [0.1, 0.15) is 58.8 Å². The van der Waals surface area contributed by atoms with E-state index < -0.39 is 5.41 Å². The predicted octanol–water partition coefficient (Wildman–Crippen LogP) is 3.43. The molecular weight excluding hydrogens is 252 g/mol. The lowest BCUT2D eigenvalue weighted by molar-refractivity contribution is -0.158. The van der Waals surface area contributed by atoms with Gasteiger partial charge in [0.2, 0.25) is 0 Å². The van der Waals surface area contributed by atoms with E-state index in [0.717, 1.165) is 25.7 Å². The molecule has 20 heavy (non-hydrogen) atoms. The Morgan fingerprint density at radius 1 is 1.45 bits per heavy atom. The quantitative estimate of drug-likeness (QED) is 0.323. The van der Waals surface area contributed by atoms with E-state index in [4.69, 9.17) is 4.74 Å². The second-order valence-electron chi connectivity index (χ2n) is 5.11. The van der Waals surface area contributed by atoms with Crippen molar-refractivity contribution in [2.75, 3.05) is 6.61 Å². The molecule has 1 rings (SSSR count). The molecule has 1 atom stereocenters. The summed E-state index contributed by atoms with van der Waals surface area (Å²) in [5.41, 5.74) is -0.947. The number of hydrogen-bond donors (Lipinski definition) is 0. The average Bonchev–Trinajstić information content (AvgIpc) is 2.80. The van der Waals surface area contributed by atoms with E-state index in [2.05, 4.69) is 18.8 Å².